The van der Waals surface area contributed by atoms with Gasteiger partial charge in [-0.2, -0.15) is 0 Å². The number of piperidine rings is 1. The van der Waals surface area contributed by atoms with Gasteiger partial charge in [-0.3, -0.25) is 14.6 Å². The van der Waals surface area contributed by atoms with Gasteiger partial charge in [0.15, 0.2) is 6.61 Å². The molecule has 1 fully saturated rings. The van der Waals surface area contributed by atoms with Gasteiger partial charge in [0, 0.05) is 18.8 Å². The third-order valence-corrected chi connectivity index (χ3v) is 4.44. The topological polar surface area (TPSA) is 104 Å². The van der Waals surface area contributed by atoms with Gasteiger partial charge >= 0.3 is 0 Å². The van der Waals surface area contributed by atoms with Crippen molar-refractivity contribution < 1.29 is 23.8 Å². The van der Waals surface area contributed by atoms with E-state index < -0.39 is 5.91 Å². The molecular weight excluding hydrogens is 362 g/mol. The molecule has 0 saturated carbocycles. The van der Waals surface area contributed by atoms with Gasteiger partial charge in [0.1, 0.15) is 29.0 Å². The van der Waals surface area contributed by atoms with Crippen LogP contribution in [0.1, 0.15) is 23.3 Å². The van der Waals surface area contributed by atoms with Gasteiger partial charge in [0.05, 0.1) is 13.7 Å². The maximum absolute atomic E-state index is 12.5. The zero-order valence-electron chi connectivity index (χ0n) is 15.7. The Morgan fingerprint density at radius 2 is 1.93 bits per heavy atom. The van der Waals surface area contributed by atoms with Crippen molar-refractivity contribution in [2.75, 3.05) is 26.8 Å². The van der Waals surface area contributed by atoms with E-state index in [1.165, 1.54) is 12.3 Å². The fraction of sp³-hybridized carbons (Fsp3) is 0.350. The summed E-state index contributed by atoms with van der Waals surface area (Å²) in [5.74, 6) is 1.14. The van der Waals surface area contributed by atoms with Crippen molar-refractivity contribution in [3.8, 4) is 17.2 Å². The zero-order chi connectivity index (χ0) is 19.9. The molecule has 28 heavy (non-hydrogen) atoms. The summed E-state index contributed by atoms with van der Waals surface area (Å²) in [6.45, 7) is 1.08. The zero-order valence-corrected chi connectivity index (χ0v) is 15.7. The predicted molar refractivity (Wildman–Crippen MR) is 101 cm³/mol. The average molecular weight is 385 g/mol. The molecule has 148 valence electrons. The van der Waals surface area contributed by atoms with E-state index in [1.807, 2.05) is 0 Å². The molecule has 1 atom stereocenters. The second-order valence-corrected chi connectivity index (χ2v) is 6.43. The van der Waals surface area contributed by atoms with Crippen molar-refractivity contribution >= 4 is 11.8 Å². The molecule has 2 aromatic rings. The third-order valence-electron chi connectivity index (χ3n) is 4.44. The molecule has 3 rings (SSSR count). The Labute approximate surface area is 163 Å². The first-order chi connectivity index (χ1) is 13.5. The number of methoxy groups -OCH3 is 1. The number of ether oxygens (including phenoxy) is 3. The number of nitrogens with two attached hydrogens (primary N) is 1. The normalized spacial score (nSPS) is 16.3. The summed E-state index contributed by atoms with van der Waals surface area (Å²) in [5, 5.41) is 0. The molecule has 1 unspecified atom stereocenters. The number of hydrogen-bond donors (Lipinski definition) is 1. The van der Waals surface area contributed by atoms with Crippen LogP contribution in [0, 0.1) is 0 Å². The Hall–Kier alpha value is -3.29. The number of likely N-dealkylation sites (tertiary alicyclic amines) is 1. The number of hydrogen-bond acceptors (Lipinski definition) is 6. The summed E-state index contributed by atoms with van der Waals surface area (Å²) in [5.41, 5.74) is 5.39. The first-order valence-corrected chi connectivity index (χ1v) is 9.02. The molecular formula is C20H23N3O5. The lowest BCUT2D eigenvalue weighted by atomic mass is 10.1. The Morgan fingerprint density at radius 1 is 1.18 bits per heavy atom. The van der Waals surface area contributed by atoms with Crippen LogP contribution >= 0.6 is 0 Å². The SMILES string of the molecule is COc1ccc(OCC(=O)N2CCCC(Oc3ccnc(C(N)=O)c3)C2)cc1. The number of rotatable bonds is 7. The van der Waals surface area contributed by atoms with Crippen LogP contribution in [0.15, 0.2) is 42.6 Å². The fourth-order valence-corrected chi connectivity index (χ4v) is 2.98. The molecule has 1 aliphatic heterocycles. The Bertz CT molecular complexity index is 825. The molecule has 2 N–H and O–H groups in total. The maximum Gasteiger partial charge on any atom is 0.267 e. The maximum atomic E-state index is 12.5. The summed E-state index contributed by atoms with van der Waals surface area (Å²) in [6.07, 6.45) is 2.95. The molecule has 8 nitrogen and oxygen atoms in total. The van der Waals surface area contributed by atoms with Crippen LogP contribution in [0.3, 0.4) is 0 Å². The number of pyridine rings is 1. The monoisotopic (exact) mass is 385 g/mol. The fourth-order valence-electron chi connectivity index (χ4n) is 2.98. The van der Waals surface area contributed by atoms with Crippen LogP contribution in [-0.4, -0.2) is 54.6 Å². The van der Waals surface area contributed by atoms with Crippen molar-refractivity contribution in [2.24, 2.45) is 5.73 Å². The molecule has 2 heterocycles. The van der Waals surface area contributed by atoms with E-state index in [9.17, 15) is 9.59 Å². The highest BCUT2D eigenvalue weighted by Crippen LogP contribution is 2.20. The average Bonchev–Trinajstić information content (AvgIpc) is 2.72. The Balaban J connectivity index is 1.52. The van der Waals surface area contributed by atoms with Gasteiger partial charge in [0.2, 0.25) is 0 Å². The van der Waals surface area contributed by atoms with Crippen LogP contribution in [0.5, 0.6) is 17.2 Å². The number of carbonyl (C=O) groups excluding carboxylic acids is 2. The molecule has 0 radical (unpaired) electrons. The molecule has 0 spiro atoms. The Morgan fingerprint density at radius 3 is 2.64 bits per heavy atom. The summed E-state index contributed by atoms with van der Waals surface area (Å²) in [7, 11) is 1.59. The van der Waals surface area contributed by atoms with Gasteiger partial charge in [-0.05, 0) is 43.2 Å². The van der Waals surface area contributed by atoms with E-state index in [0.717, 1.165) is 18.6 Å². The number of amides is 2. The molecule has 0 aliphatic carbocycles. The highest BCUT2D eigenvalue weighted by molar-refractivity contribution is 5.91. The van der Waals surface area contributed by atoms with Crippen molar-refractivity contribution in [3.63, 3.8) is 0 Å². The summed E-state index contributed by atoms with van der Waals surface area (Å²) in [4.78, 5) is 29.4. The Kier molecular flexibility index (Phi) is 6.31. The van der Waals surface area contributed by atoms with E-state index in [0.29, 0.717) is 24.6 Å². The van der Waals surface area contributed by atoms with E-state index >= 15 is 0 Å². The van der Waals surface area contributed by atoms with Crippen molar-refractivity contribution in [3.05, 3.63) is 48.3 Å². The standard InChI is InChI=1S/C20H23N3O5/c1-26-14-4-6-15(7-5-14)27-13-19(24)23-10-2-3-17(12-23)28-16-8-9-22-18(11-16)20(21)25/h4-9,11,17H,2-3,10,12-13H2,1H3,(H2,21,25). The predicted octanol–water partition coefficient (Wildman–Crippen LogP) is 1.64. The lowest BCUT2D eigenvalue weighted by molar-refractivity contribution is -0.136. The number of carbonyl (C=O) groups is 2. The highest BCUT2D eigenvalue weighted by atomic mass is 16.5. The minimum absolute atomic E-state index is 0.0415. The molecule has 2 amide bonds. The molecule has 1 aromatic carbocycles. The number of nitrogens with zero attached hydrogens (tertiary/aromatic N) is 2. The van der Waals surface area contributed by atoms with Gasteiger partial charge in [-0.15, -0.1) is 0 Å². The molecule has 1 aromatic heterocycles. The lowest BCUT2D eigenvalue weighted by Crippen LogP contribution is -2.46. The number of primary amides is 1. The second kappa shape index (κ2) is 9.07. The summed E-state index contributed by atoms with van der Waals surface area (Å²) >= 11 is 0. The summed E-state index contributed by atoms with van der Waals surface area (Å²) in [6, 6.07) is 10.2. The number of benzene rings is 1. The quantitative estimate of drug-likeness (QED) is 0.777. The first kappa shape index (κ1) is 19.5. The van der Waals surface area contributed by atoms with Crippen LogP contribution < -0.4 is 19.9 Å². The van der Waals surface area contributed by atoms with Crippen molar-refractivity contribution in [1.29, 1.82) is 0 Å². The third kappa shape index (κ3) is 5.12. The van der Waals surface area contributed by atoms with Gasteiger partial charge in [-0.25, -0.2) is 0 Å². The smallest absolute Gasteiger partial charge is 0.267 e. The van der Waals surface area contributed by atoms with Crippen molar-refractivity contribution in [2.45, 2.75) is 18.9 Å². The number of aromatic nitrogens is 1. The molecule has 1 saturated heterocycles. The molecule has 0 bridgehead atoms. The van der Waals surface area contributed by atoms with E-state index in [2.05, 4.69) is 4.98 Å². The van der Waals surface area contributed by atoms with Crippen molar-refractivity contribution in [1.82, 2.24) is 9.88 Å². The van der Waals surface area contributed by atoms with Crippen LogP contribution in [0.25, 0.3) is 0 Å². The van der Waals surface area contributed by atoms with Gasteiger partial charge in [0.25, 0.3) is 11.8 Å². The minimum atomic E-state index is -0.610. The largest absolute Gasteiger partial charge is 0.497 e. The minimum Gasteiger partial charge on any atom is -0.497 e. The van der Waals surface area contributed by atoms with Crippen LogP contribution in [0.4, 0.5) is 0 Å². The van der Waals surface area contributed by atoms with Crippen LogP contribution in [-0.2, 0) is 4.79 Å². The second-order valence-electron chi connectivity index (χ2n) is 6.43. The van der Waals surface area contributed by atoms with Gasteiger partial charge < -0.3 is 24.8 Å². The highest BCUT2D eigenvalue weighted by Gasteiger charge is 2.25. The van der Waals surface area contributed by atoms with Gasteiger partial charge in [-0.1, -0.05) is 0 Å². The molecule has 1 aliphatic rings. The van der Waals surface area contributed by atoms with E-state index in [4.69, 9.17) is 19.9 Å². The van der Waals surface area contributed by atoms with Crippen LogP contribution in [0.2, 0.25) is 0 Å². The summed E-state index contributed by atoms with van der Waals surface area (Å²) < 4.78 is 16.6. The first-order valence-electron chi connectivity index (χ1n) is 9.02. The lowest BCUT2D eigenvalue weighted by Gasteiger charge is -2.32. The van der Waals surface area contributed by atoms with E-state index in [1.54, 1.807) is 42.3 Å². The molecule has 8 heteroatoms. The van der Waals surface area contributed by atoms with E-state index in [-0.39, 0.29) is 24.3 Å².